The molecule has 0 heterocycles. The molecule has 2 aromatic rings. The fourth-order valence-corrected chi connectivity index (χ4v) is 5.24. The Morgan fingerprint density at radius 3 is 2.18 bits per heavy atom. The molecular weight excluding hydrogens is 432 g/mol. The molecule has 0 atom stereocenters. The van der Waals surface area contributed by atoms with Crippen LogP contribution in [-0.2, 0) is 14.3 Å². The summed E-state index contributed by atoms with van der Waals surface area (Å²) in [4.78, 5) is 38.0. The van der Waals surface area contributed by atoms with Crippen LogP contribution in [0.4, 0.5) is 4.79 Å². The quantitative estimate of drug-likeness (QED) is 0.597. The average Bonchev–Trinajstić information content (AvgIpc) is 3.15. The summed E-state index contributed by atoms with van der Waals surface area (Å²) in [5.74, 6) is -1.13. The van der Waals surface area contributed by atoms with Crippen molar-refractivity contribution in [3.05, 3.63) is 59.7 Å². The topological polar surface area (TPSA) is 95.9 Å². The standard InChI is InChI=1S/C27H32N2O5/c1-29(16-13-25(31)32)24(30)17-27(14-7-2-8-15-27)28-26(33)34-18-23-21-11-5-3-9-19(21)20-10-4-6-12-22(20)23/h3-6,9-12,23H,2,7-8,13-18H2,1H3,(H,28,33)(H,31,32). The Hall–Kier alpha value is -3.35. The van der Waals surface area contributed by atoms with Gasteiger partial charge in [-0.3, -0.25) is 9.59 Å². The number of ether oxygens (including phenoxy) is 1. The van der Waals surface area contributed by atoms with Crippen molar-refractivity contribution in [3.8, 4) is 11.1 Å². The van der Waals surface area contributed by atoms with Crippen molar-refractivity contribution >= 4 is 18.0 Å². The fourth-order valence-electron chi connectivity index (χ4n) is 5.24. The molecule has 7 nitrogen and oxygen atoms in total. The maximum Gasteiger partial charge on any atom is 0.407 e. The Labute approximate surface area is 200 Å². The number of amides is 2. The second kappa shape index (κ2) is 10.3. The van der Waals surface area contributed by atoms with Crippen LogP contribution in [0.1, 0.15) is 62.0 Å². The van der Waals surface area contributed by atoms with Crippen molar-refractivity contribution in [2.75, 3.05) is 20.2 Å². The molecule has 0 aliphatic heterocycles. The summed E-state index contributed by atoms with van der Waals surface area (Å²) in [6.45, 7) is 0.373. The third-order valence-corrected chi connectivity index (χ3v) is 7.10. The summed E-state index contributed by atoms with van der Waals surface area (Å²) >= 11 is 0. The van der Waals surface area contributed by atoms with Crippen molar-refractivity contribution in [3.63, 3.8) is 0 Å². The molecule has 0 saturated heterocycles. The smallest absolute Gasteiger partial charge is 0.407 e. The van der Waals surface area contributed by atoms with Crippen LogP contribution in [-0.4, -0.2) is 53.7 Å². The number of hydrogen-bond donors (Lipinski definition) is 2. The van der Waals surface area contributed by atoms with E-state index in [1.54, 1.807) is 7.05 Å². The van der Waals surface area contributed by atoms with Gasteiger partial charge in [-0.25, -0.2) is 4.79 Å². The summed E-state index contributed by atoms with van der Waals surface area (Å²) in [7, 11) is 1.61. The van der Waals surface area contributed by atoms with E-state index in [0.29, 0.717) is 12.8 Å². The lowest BCUT2D eigenvalue weighted by molar-refractivity contribution is -0.138. The molecule has 4 rings (SSSR count). The van der Waals surface area contributed by atoms with Gasteiger partial charge in [-0.2, -0.15) is 0 Å². The Morgan fingerprint density at radius 2 is 1.59 bits per heavy atom. The highest BCUT2D eigenvalue weighted by atomic mass is 16.5. The molecule has 0 unspecified atom stereocenters. The van der Waals surface area contributed by atoms with Crippen LogP contribution in [0.15, 0.2) is 48.5 Å². The van der Waals surface area contributed by atoms with E-state index in [1.165, 1.54) is 16.0 Å². The highest BCUT2D eigenvalue weighted by Crippen LogP contribution is 2.44. The van der Waals surface area contributed by atoms with Gasteiger partial charge in [0, 0.05) is 19.5 Å². The van der Waals surface area contributed by atoms with Gasteiger partial charge in [-0.1, -0.05) is 67.8 Å². The number of benzene rings is 2. The molecule has 2 amide bonds. The molecule has 2 aromatic carbocycles. The number of carbonyl (C=O) groups excluding carboxylic acids is 2. The first kappa shape index (κ1) is 23.8. The summed E-state index contributed by atoms with van der Waals surface area (Å²) < 4.78 is 5.74. The highest BCUT2D eigenvalue weighted by Gasteiger charge is 2.38. The van der Waals surface area contributed by atoms with Gasteiger partial charge < -0.3 is 20.1 Å². The van der Waals surface area contributed by atoms with Crippen LogP contribution in [0.2, 0.25) is 0 Å². The number of carboxylic acids is 1. The van der Waals surface area contributed by atoms with Gasteiger partial charge in [0.15, 0.2) is 0 Å². The van der Waals surface area contributed by atoms with Crippen molar-refractivity contribution in [2.45, 2.75) is 56.4 Å². The lowest BCUT2D eigenvalue weighted by atomic mass is 9.79. The predicted molar refractivity (Wildman–Crippen MR) is 129 cm³/mol. The van der Waals surface area contributed by atoms with Gasteiger partial charge >= 0.3 is 12.1 Å². The first-order chi connectivity index (χ1) is 16.4. The maximum absolute atomic E-state index is 12.9. The van der Waals surface area contributed by atoms with Crippen LogP contribution in [0, 0.1) is 0 Å². The molecule has 1 fully saturated rings. The van der Waals surface area contributed by atoms with Crippen molar-refractivity contribution in [1.29, 1.82) is 0 Å². The molecule has 2 aliphatic rings. The zero-order valence-corrected chi connectivity index (χ0v) is 19.6. The number of rotatable bonds is 8. The van der Waals surface area contributed by atoms with E-state index < -0.39 is 17.6 Å². The number of carboxylic acid groups (broad SMARTS) is 1. The van der Waals surface area contributed by atoms with Gasteiger partial charge in [0.1, 0.15) is 6.61 Å². The summed E-state index contributed by atoms with van der Waals surface area (Å²) in [5, 5.41) is 11.9. The average molecular weight is 465 g/mol. The largest absolute Gasteiger partial charge is 0.481 e. The molecule has 2 aliphatic carbocycles. The minimum absolute atomic E-state index is 0.0239. The molecule has 1 saturated carbocycles. The van der Waals surface area contributed by atoms with Crippen LogP contribution < -0.4 is 5.32 Å². The zero-order valence-electron chi connectivity index (χ0n) is 19.6. The lowest BCUT2D eigenvalue weighted by Gasteiger charge is -2.38. The monoisotopic (exact) mass is 464 g/mol. The molecule has 180 valence electrons. The lowest BCUT2D eigenvalue weighted by Crippen LogP contribution is -2.53. The van der Waals surface area contributed by atoms with Gasteiger partial charge in [0.05, 0.1) is 18.4 Å². The molecule has 0 radical (unpaired) electrons. The second-order valence-corrected chi connectivity index (χ2v) is 9.43. The number of nitrogens with zero attached hydrogens (tertiary/aromatic N) is 1. The number of nitrogens with one attached hydrogen (secondary N) is 1. The van der Waals surface area contributed by atoms with Crippen molar-refractivity contribution < 1.29 is 24.2 Å². The van der Waals surface area contributed by atoms with E-state index in [9.17, 15) is 14.4 Å². The Balaban J connectivity index is 1.41. The van der Waals surface area contributed by atoms with Gasteiger partial charge in [-0.05, 0) is 35.1 Å². The van der Waals surface area contributed by atoms with Gasteiger partial charge in [-0.15, -0.1) is 0 Å². The Bertz CT molecular complexity index is 1010. The Morgan fingerprint density at radius 1 is 1.00 bits per heavy atom. The van der Waals surface area contributed by atoms with E-state index >= 15 is 0 Å². The predicted octanol–water partition coefficient (Wildman–Crippen LogP) is 4.55. The van der Waals surface area contributed by atoms with E-state index in [2.05, 4.69) is 29.6 Å². The SMILES string of the molecule is CN(CCC(=O)O)C(=O)CC1(NC(=O)OCC2c3ccccc3-c3ccccc32)CCCCC1. The van der Waals surface area contributed by atoms with Crippen LogP contribution in [0.3, 0.4) is 0 Å². The molecule has 0 aromatic heterocycles. The summed E-state index contributed by atoms with van der Waals surface area (Å²) in [6, 6.07) is 16.4. The first-order valence-electron chi connectivity index (χ1n) is 12.0. The normalized spacial score (nSPS) is 16.3. The van der Waals surface area contributed by atoms with E-state index in [-0.39, 0.29) is 37.8 Å². The number of hydrogen-bond acceptors (Lipinski definition) is 4. The van der Waals surface area contributed by atoms with Crippen molar-refractivity contribution in [2.24, 2.45) is 0 Å². The van der Waals surface area contributed by atoms with E-state index in [0.717, 1.165) is 30.4 Å². The molecule has 34 heavy (non-hydrogen) atoms. The van der Waals surface area contributed by atoms with Gasteiger partial charge in [0.25, 0.3) is 0 Å². The van der Waals surface area contributed by atoms with E-state index in [1.807, 2.05) is 24.3 Å². The highest BCUT2D eigenvalue weighted by molar-refractivity contribution is 5.80. The molecule has 7 heteroatoms. The minimum atomic E-state index is -0.941. The van der Waals surface area contributed by atoms with E-state index in [4.69, 9.17) is 9.84 Å². The molecular formula is C27H32N2O5. The number of aliphatic carboxylic acids is 1. The van der Waals surface area contributed by atoms with Gasteiger partial charge in [0.2, 0.25) is 5.91 Å². The molecule has 2 N–H and O–H groups in total. The molecule has 0 spiro atoms. The zero-order chi connectivity index (χ0) is 24.1. The van der Waals surface area contributed by atoms with Crippen LogP contribution in [0.25, 0.3) is 11.1 Å². The van der Waals surface area contributed by atoms with Crippen molar-refractivity contribution in [1.82, 2.24) is 10.2 Å². The maximum atomic E-state index is 12.9. The third kappa shape index (κ3) is 5.24. The fraction of sp³-hybridized carbons (Fsp3) is 0.444. The first-order valence-corrected chi connectivity index (χ1v) is 12.0. The van der Waals surface area contributed by atoms with Crippen LogP contribution in [0.5, 0.6) is 0 Å². The number of fused-ring (bicyclic) bond motifs is 3. The Kier molecular flexibility index (Phi) is 7.20. The minimum Gasteiger partial charge on any atom is -0.481 e. The summed E-state index contributed by atoms with van der Waals surface area (Å²) in [5.41, 5.74) is 3.99. The van der Waals surface area contributed by atoms with Crippen LogP contribution >= 0.6 is 0 Å². The third-order valence-electron chi connectivity index (χ3n) is 7.10. The number of carbonyl (C=O) groups is 3. The summed E-state index contributed by atoms with van der Waals surface area (Å²) in [6.07, 6.45) is 3.86. The second-order valence-electron chi connectivity index (χ2n) is 9.43. The molecule has 0 bridgehead atoms. The number of alkyl carbamates (subject to hydrolysis) is 1.